The Kier molecular flexibility index (Phi) is 5.36. The summed E-state index contributed by atoms with van der Waals surface area (Å²) in [5.74, 6) is -0.525. The average Bonchev–Trinajstić information content (AvgIpc) is 2.73. The van der Waals surface area contributed by atoms with Gasteiger partial charge in [-0.2, -0.15) is 0 Å². The third-order valence-electron chi connectivity index (χ3n) is 5.77. The standard InChI is InChI=1S/C26H26N2O3/c1-4-17-9-8-10-18(13-17)27-24(30)23-20-14-26(2,3)15-22(29)21(20)16-28(25(23)31)19-11-6-5-7-12-19/h5-13,16H,4,14-15H2,1-3H3,(H,27,30). The molecule has 0 saturated carbocycles. The number of Topliss-reactive ketones (excluding diaryl/α,β-unsaturated/α-hetero) is 1. The summed E-state index contributed by atoms with van der Waals surface area (Å²) in [6, 6.07) is 16.6. The van der Waals surface area contributed by atoms with E-state index in [-0.39, 0.29) is 16.8 Å². The summed E-state index contributed by atoms with van der Waals surface area (Å²) in [4.78, 5) is 39.8. The third-order valence-corrected chi connectivity index (χ3v) is 5.77. The van der Waals surface area contributed by atoms with Crippen LogP contribution in [-0.2, 0) is 12.8 Å². The van der Waals surface area contributed by atoms with Crippen molar-refractivity contribution in [1.82, 2.24) is 4.57 Å². The Bertz CT molecular complexity index is 1220. The summed E-state index contributed by atoms with van der Waals surface area (Å²) < 4.78 is 1.41. The highest BCUT2D eigenvalue weighted by molar-refractivity contribution is 6.08. The molecule has 1 aliphatic rings. The molecule has 31 heavy (non-hydrogen) atoms. The van der Waals surface area contributed by atoms with Gasteiger partial charge in [-0.1, -0.05) is 51.1 Å². The first-order valence-electron chi connectivity index (χ1n) is 10.6. The van der Waals surface area contributed by atoms with E-state index < -0.39 is 11.5 Å². The Balaban J connectivity index is 1.89. The lowest BCUT2D eigenvalue weighted by atomic mass is 9.73. The zero-order valence-corrected chi connectivity index (χ0v) is 18.1. The van der Waals surface area contributed by atoms with Gasteiger partial charge in [0, 0.05) is 29.6 Å². The Morgan fingerprint density at radius 1 is 1.03 bits per heavy atom. The topological polar surface area (TPSA) is 68.2 Å². The molecule has 0 radical (unpaired) electrons. The summed E-state index contributed by atoms with van der Waals surface area (Å²) in [6.45, 7) is 6.02. The second kappa shape index (κ2) is 7.99. The number of aromatic nitrogens is 1. The van der Waals surface area contributed by atoms with Gasteiger partial charge in [0.1, 0.15) is 5.56 Å². The SMILES string of the molecule is CCc1cccc(NC(=O)c2c3c(cn(-c4ccccc4)c2=O)C(=O)CC(C)(C)C3)c1. The third kappa shape index (κ3) is 4.08. The van der Waals surface area contributed by atoms with Crippen LogP contribution >= 0.6 is 0 Å². The Labute approximate surface area is 181 Å². The van der Waals surface area contributed by atoms with Gasteiger partial charge in [-0.25, -0.2) is 0 Å². The first kappa shape index (κ1) is 20.8. The predicted octanol–water partition coefficient (Wildman–Crippen LogP) is 4.81. The minimum absolute atomic E-state index is 0.0436. The van der Waals surface area contributed by atoms with Crippen molar-refractivity contribution in [2.45, 2.75) is 40.0 Å². The highest BCUT2D eigenvalue weighted by Crippen LogP contribution is 2.36. The number of hydrogen-bond acceptors (Lipinski definition) is 3. The van der Waals surface area contributed by atoms with Gasteiger partial charge < -0.3 is 5.32 Å². The first-order chi connectivity index (χ1) is 14.8. The molecule has 3 aromatic rings. The number of nitrogens with zero attached hydrogens (tertiary/aromatic N) is 1. The van der Waals surface area contributed by atoms with Gasteiger partial charge in [0.2, 0.25) is 0 Å². The Morgan fingerprint density at radius 3 is 2.48 bits per heavy atom. The van der Waals surface area contributed by atoms with Crippen LogP contribution in [0, 0.1) is 5.41 Å². The number of carbonyl (C=O) groups excluding carboxylic acids is 2. The lowest BCUT2D eigenvalue weighted by Gasteiger charge is -2.31. The van der Waals surface area contributed by atoms with E-state index in [1.165, 1.54) is 4.57 Å². The van der Waals surface area contributed by atoms with Crippen LogP contribution in [0.5, 0.6) is 0 Å². The molecule has 0 spiro atoms. The maximum absolute atomic E-state index is 13.5. The number of nitrogens with one attached hydrogen (secondary N) is 1. The van der Waals surface area contributed by atoms with E-state index >= 15 is 0 Å². The number of aryl methyl sites for hydroxylation is 1. The highest BCUT2D eigenvalue weighted by atomic mass is 16.2. The fourth-order valence-corrected chi connectivity index (χ4v) is 4.22. The maximum Gasteiger partial charge on any atom is 0.268 e. The molecule has 0 unspecified atom stereocenters. The second-order valence-corrected chi connectivity index (χ2v) is 8.86. The van der Waals surface area contributed by atoms with Crippen molar-refractivity contribution in [3.8, 4) is 5.69 Å². The molecule has 1 heterocycles. The largest absolute Gasteiger partial charge is 0.322 e. The Hall–Kier alpha value is -3.47. The average molecular weight is 415 g/mol. The van der Waals surface area contributed by atoms with Crippen LogP contribution in [0.4, 0.5) is 5.69 Å². The molecule has 4 rings (SSSR count). The number of hydrogen-bond donors (Lipinski definition) is 1. The van der Waals surface area contributed by atoms with Crippen molar-refractivity contribution in [1.29, 1.82) is 0 Å². The van der Waals surface area contributed by atoms with Crippen LogP contribution in [0.25, 0.3) is 5.69 Å². The highest BCUT2D eigenvalue weighted by Gasteiger charge is 2.36. The second-order valence-electron chi connectivity index (χ2n) is 8.86. The van der Waals surface area contributed by atoms with E-state index in [1.807, 2.05) is 57.2 Å². The summed E-state index contributed by atoms with van der Waals surface area (Å²) in [5, 5.41) is 2.88. The molecule has 0 saturated heterocycles. The molecule has 0 aliphatic heterocycles. The van der Waals surface area contributed by atoms with Gasteiger partial charge in [0.05, 0.1) is 0 Å². The van der Waals surface area contributed by atoms with Gasteiger partial charge >= 0.3 is 0 Å². The van der Waals surface area contributed by atoms with E-state index in [0.29, 0.717) is 35.3 Å². The fraction of sp³-hybridized carbons (Fsp3) is 0.269. The van der Waals surface area contributed by atoms with Crippen LogP contribution in [0.1, 0.15) is 59.0 Å². The van der Waals surface area contributed by atoms with Crippen molar-refractivity contribution in [2.24, 2.45) is 5.41 Å². The van der Waals surface area contributed by atoms with Gasteiger partial charge in [-0.05, 0) is 53.6 Å². The minimum atomic E-state index is -0.481. The first-order valence-corrected chi connectivity index (χ1v) is 10.6. The number of pyridine rings is 1. The molecular formula is C26H26N2O3. The number of benzene rings is 2. The van der Waals surface area contributed by atoms with Gasteiger partial charge in [0.25, 0.3) is 11.5 Å². The molecule has 0 atom stereocenters. The van der Waals surface area contributed by atoms with Crippen LogP contribution in [0.15, 0.2) is 65.6 Å². The lowest BCUT2D eigenvalue weighted by molar-refractivity contribution is 0.0910. The quantitative estimate of drug-likeness (QED) is 0.666. The van der Waals surface area contributed by atoms with Gasteiger partial charge in [0.15, 0.2) is 5.78 Å². The molecule has 2 aromatic carbocycles. The molecule has 1 aromatic heterocycles. The minimum Gasteiger partial charge on any atom is -0.322 e. The van der Waals surface area contributed by atoms with Crippen molar-refractivity contribution in [2.75, 3.05) is 5.32 Å². The fourth-order valence-electron chi connectivity index (χ4n) is 4.22. The van der Waals surface area contributed by atoms with Crippen LogP contribution < -0.4 is 10.9 Å². The number of anilines is 1. The molecule has 158 valence electrons. The number of amides is 1. The van der Waals surface area contributed by atoms with Crippen molar-refractivity contribution in [3.05, 3.63) is 93.4 Å². The van der Waals surface area contributed by atoms with Crippen molar-refractivity contribution >= 4 is 17.4 Å². The molecule has 0 fully saturated rings. The summed E-state index contributed by atoms with van der Waals surface area (Å²) >= 11 is 0. The van der Waals surface area contributed by atoms with E-state index in [0.717, 1.165) is 12.0 Å². The number of fused-ring (bicyclic) bond motifs is 1. The van der Waals surface area contributed by atoms with Crippen LogP contribution in [0.3, 0.4) is 0 Å². The number of ketones is 1. The molecule has 1 amide bonds. The van der Waals surface area contributed by atoms with Crippen LogP contribution in [-0.4, -0.2) is 16.3 Å². The molecule has 0 bridgehead atoms. The summed E-state index contributed by atoms with van der Waals surface area (Å²) in [6.07, 6.45) is 3.32. The summed E-state index contributed by atoms with van der Waals surface area (Å²) in [7, 11) is 0. The zero-order chi connectivity index (χ0) is 22.2. The van der Waals surface area contributed by atoms with Gasteiger partial charge in [-0.3, -0.25) is 19.0 Å². The van der Waals surface area contributed by atoms with E-state index in [9.17, 15) is 14.4 Å². The predicted molar refractivity (Wildman–Crippen MR) is 122 cm³/mol. The normalized spacial score (nSPS) is 14.7. The van der Waals surface area contributed by atoms with E-state index in [1.54, 1.807) is 24.4 Å². The number of para-hydroxylation sites is 1. The maximum atomic E-state index is 13.5. The summed E-state index contributed by atoms with van der Waals surface area (Å²) in [5.41, 5.74) is 2.66. The molecule has 5 nitrogen and oxygen atoms in total. The van der Waals surface area contributed by atoms with E-state index in [2.05, 4.69) is 5.32 Å². The monoisotopic (exact) mass is 414 g/mol. The molecule has 5 heteroatoms. The van der Waals surface area contributed by atoms with E-state index in [4.69, 9.17) is 0 Å². The smallest absolute Gasteiger partial charge is 0.268 e. The molecular weight excluding hydrogens is 388 g/mol. The molecule has 1 N–H and O–H groups in total. The zero-order valence-electron chi connectivity index (χ0n) is 18.1. The Morgan fingerprint density at radius 2 is 1.77 bits per heavy atom. The molecule has 1 aliphatic carbocycles. The van der Waals surface area contributed by atoms with Gasteiger partial charge in [-0.15, -0.1) is 0 Å². The lowest BCUT2D eigenvalue weighted by Crippen LogP contribution is -2.37. The number of carbonyl (C=O) groups is 2. The van der Waals surface area contributed by atoms with Crippen LogP contribution in [0.2, 0.25) is 0 Å². The van der Waals surface area contributed by atoms with Crippen molar-refractivity contribution in [3.63, 3.8) is 0 Å². The van der Waals surface area contributed by atoms with Crippen molar-refractivity contribution < 1.29 is 9.59 Å². The number of rotatable bonds is 4.